The van der Waals surface area contributed by atoms with Gasteiger partial charge in [0.05, 0.1) is 5.71 Å². The van der Waals surface area contributed by atoms with Crippen LogP contribution in [-0.4, -0.2) is 79.7 Å². The molecule has 2 saturated heterocycles. The highest BCUT2D eigenvalue weighted by Crippen LogP contribution is 2.33. The van der Waals surface area contributed by atoms with Crippen LogP contribution in [0.4, 0.5) is 10.1 Å². The molecule has 28 heavy (non-hydrogen) atoms. The molecule has 0 spiro atoms. The molecule has 0 bridgehead atoms. The van der Waals surface area contributed by atoms with Crippen molar-refractivity contribution in [3.8, 4) is 0 Å². The summed E-state index contributed by atoms with van der Waals surface area (Å²) in [5, 5.41) is 0. The maximum Gasteiger partial charge on any atom is 0.289 e. The Bertz CT molecular complexity index is 867. The fraction of sp³-hybridized carbons (Fsp3) is 0.500. The lowest BCUT2D eigenvalue weighted by Gasteiger charge is -2.24. The highest BCUT2D eigenvalue weighted by Gasteiger charge is 2.43. The molecule has 7 nitrogen and oxygen atoms in total. The second-order valence-electron chi connectivity index (χ2n) is 7.95. The van der Waals surface area contributed by atoms with Crippen LogP contribution in [0, 0.1) is 11.8 Å². The van der Waals surface area contributed by atoms with Crippen molar-refractivity contribution in [2.45, 2.75) is 13.1 Å². The van der Waals surface area contributed by atoms with Crippen LogP contribution >= 0.6 is 0 Å². The minimum atomic E-state index is -1.73. The number of alkyl halides is 1. The highest BCUT2D eigenvalue weighted by atomic mass is 19.1. The molecule has 3 aliphatic heterocycles. The van der Waals surface area contributed by atoms with Gasteiger partial charge < -0.3 is 14.7 Å². The number of rotatable bonds is 2. The van der Waals surface area contributed by atoms with Gasteiger partial charge in [-0.05, 0) is 25.1 Å². The van der Waals surface area contributed by atoms with E-state index in [-0.39, 0.29) is 11.6 Å². The fourth-order valence-electron chi connectivity index (χ4n) is 4.14. The van der Waals surface area contributed by atoms with Crippen LogP contribution in [-0.2, 0) is 4.79 Å². The first-order valence-corrected chi connectivity index (χ1v) is 9.47. The Morgan fingerprint density at radius 2 is 1.82 bits per heavy atom. The van der Waals surface area contributed by atoms with Crippen molar-refractivity contribution in [1.82, 2.24) is 9.80 Å². The van der Waals surface area contributed by atoms with Gasteiger partial charge >= 0.3 is 0 Å². The number of anilines is 1. The predicted molar refractivity (Wildman–Crippen MR) is 106 cm³/mol. The van der Waals surface area contributed by atoms with Gasteiger partial charge in [-0.2, -0.15) is 4.99 Å². The van der Waals surface area contributed by atoms with Crippen molar-refractivity contribution in [3.63, 3.8) is 0 Å². The van der Waals surface area contributed by atoms with Crippen molar-refractivity contribution in [1.29, 1.82) is 0 Å². The number of carbonyl (C=O) groups is 2. The number of halogens is 1. The number of carbonyl (C=O) groups excluding carboxylic acids is 2. The minimum Gasteiger partial charge on any atom is -0.378 e. The number of fused-ring (bicyclic) bond motifs is 1. The van der Waals surface area contributed by atoms with Crippen molar-refractivity contribution in [2.75, 3.05) is 45.2 Å². The van der Waals surface area contributed by atoms with Gasteiger partial charge in [0.2, 0.25) is 12.1 Å². The first-order valence-electron chi connectivity index (χ1n) is 9.47. The Balaban J connectivity index is 1.42. The lowest BCUT2D eigenvalue weighted by Crippen LogP contribution is -2.38. The third-order valence-corrected chi connectivity index (χ3v) is 5.74. The first kappa shape index (κ1) is 18.6. The van der Waals surface area contributed by atoms with Crippen LogP contribution in [0.3, 0.4) is 0 Å². The fourth-order valence-corrected chi connectivity index (χ4v) is 4.14. The smallest absolute Gasteiger partial charge is 0.289 e. The third kappa shape index (κ3) is 3.27. The molecular weight excluding hydrogens is 361 g/mol. The number of likely N-dealkylation sites (tertiary alicyclic amines) is 2. The van der Waals surface area contributed by atoms with E-state index in [0.29, 0.717) is 49.5 Å². The van der Waals surface area contributed by atoms with Gasteiger partial charge in [-0.3, -0.25) is 9.59 Å². The van der Waals surface area contributed by atoms with Crippen LogP contribution in [0.25, 0.3) is 0 Å². The molecule has 1 aromatic rings. The quantitative estimate of drug-likeness (QED) is 0.773. The van der Waals surface area contributed by atoms with E-state index in [1.807, 2.05) is 53.1 Å². The second-order valence-corrected chi connectivity index (χ2v) is 7.95. The molecule has 3 unspecified atom stereocenters. The van der Waals surface area contributed by atoms with Gasteiger partial charge in [0.1, 0.15) is 0 Å². The van der Waals surface area contributed by atoms with Gasteiger partial charge in [-0.1, -0.05) is 6.07 Å². The minimum absolute atomic E-state index is 0.0453. The molecule has 0 radical (unpaired) electrons. The molecular formula is C20H24FN5O2. The van der Waals surface area contributed by atoms with Crippen LogP contribution in [0.5, 0.6) is 0 Å². The molecule has 3 heterocycles. The van der Waals surface area contributed by atoms with E-state index in [0.717, 1.165) is 5.69 Å². The standard InChI is InChI=1S/C20H24FN5O2/c1-12-17(21)18(27)23-20(22-12)26-10-14-8-25(9-15(14)11-26)19(28)13-5-4-6-16(7-13)24(2)3/h4-7,14-15,17H,8-11H2,1-3H3. The number of guanidine groups is 1. The lowest BCUT2D eigenvalue weighted by atomic mass is 10.0. The van der Waals surface area contributed by atoms with Crippen molar-refractivity contribution < 1.29 is 14.0 Å². The van der Waals surface area contributed by atoms with Crippen LogP contribution < -0.4 is 4.90 Å². The Labute approximate surface area is 163 Å². The number of amides is 2. The Morgan fingerprint density at radius 3 is 2.43 bits per heavy atom. The molecule has 8 heteroatoms. The van der Waals surface area contributed by atoms with E-state index in [4.69, 9.17) is 0 Å². The average molecular weight is 385 g/mol. The van der Waals surface area contributed by atoms with E-state index < -0.39 is 12.1 Å². The molecule has 1 aromatic carbocycles. The molecule has 0 N–H and O–H groups in total. The molecule has 0 aliphatic carbocycles. The Morgan fingerprint density at radius 1 is 1.14 bits per heavy atom. The average Bonchev–Trinajstić information content (AvgIpc) is 3.24. The van der Waals surface area contributed by atoms with Crippen LogP contribution in [0.1, 0.15) is 17.3 Å². The Hall–Kier alpha value is -2.77. The van der Waals surface area contributed by atoms with Gasteiger partial charge in [-0.15, -0.1) is 0 Å². The summed E-state index contributed by atoms with van der Waals surface area (Å²) in [5.74, 6) is 0.179. The number of hydrogen-bond donors (Lipinski definition) is 0. The molecule has 0 aromatic heterocycles. The number of benzene rings is 1. The molecule has 3 aliphatic rings. The summed E-state index contributed by atoms with van der Waals surface area (Å²) in [6.07, 6.45) is -1.73. The zero-order chi connectivity index (χ0) is 20.0. The van der Waals surface area contributed by atoms with E-state index >= 15 is 0 Å². The van der Waals surface area contributed by atoms with Crippen LogP contribution in [0.15, 0.2) is 34.3 Å². The van der Waals surface area contributed by atoms with E-state index in [9.17, 15) is 14.0 Å². The Kier molecular flexibility index (Phi) is 4.64. The van der Waals surface area contributed by atoms with Gasteiger partial charge in [-0.25, -0.2) is 9.38 Å². The lowest BCUT2D eigenvalue weighted by molar-refractivity contribution is -0.120. The summed E-state index contributed by atoms with van der Waals surface area (Å²) in [4.78, 5) is 38.4. The molecule has 4 rings (SSSR count). The number of nitrogens with zero attached hydrogens (tertiary/aromatic N) is 5. The predicted octanol–water partition coefficient (Wildman–Crippen LogP) is 1.45. The van der Waals surface area contributed by atoms with Gasteiger partial charge in [0.25, 0.3) is 11.8 Å². The normalized spacial score (nSPS) is 26.9. The summed E-state index contributed by atoms with van der Waals surface area (Å²) in [6, 6.07) is 7.64. The molecule has 3 atom stereocenters. The summed E-state index contributed by atoms with van der Waals surface area (Å²) in [5.41, 5.74) is 1.85. The summed E-state index contributed by atoms with van der Waals surface area (Å²) >= 11 is 0. The largest absolute Gasteiger partial charge is 0.378 e. The topological polar surface area (TPSA) is 68.6 Å². The van der Waals surface area contributed by atoms with Crippen molar-refractivity contribution >= 4 is 29.2 Å². The zero-order valence-corrected chi connectivity index (χ0v) is 16.3. The number of aliphatic imine (C=N–C) groups is 2. The summed E-state index contributed by atoms with van der Waals surface area (Å²) < 4.78 is 13.6. The summed E-state index contributed by atoms with van der Waals surface area (Å²) in [7, 11) is 3.90. The SMILES string of the molecule is CC1=NC(N2CC3CN(C(=O)c4cccc(N(C)C)c4)CC3C2)=NC(=O)C1F. The van der Waals surface area contributed by atoms with E-state index in [1.165, 1.54) is 6.92 Å². The van der Waals surface area contributed by atoms with Gasteiger partial charge in [0.15, 0.2) is 0 Å². The maximum absolute atomic E-state index is 13.6. The first-order chi connectivity index (χ1) is 13.3. The molecule has 0 saturated carbocycles. The van der Waals surface area contributed by atoms with Gasteiger partial charge in [0, 0.05) is 63.4 Å². The summed E-state index contributed by atoms with van der Waals surface area (Å²) in [6.45, 7) is 4.19. The van der Waals surface area contributed by atoms with Crippen LogP contribution in [0.2, 0.25) is 0 Å². The van der Waals surface area contributed by atoms with Crippen molar-refractivity contribution in [3.05, 3.63) is 29.8 Å². The third-order valence-electron chi connectivity index (χ3n) is 5.74. The maximum atomic E-state index is 13.6. The monoisotopic (exact) mass is 385 g/mol. The zero-order valence-electron chi connectivity index (χ0n) is 16.3. The van der Waals surface area contributed by atoms with E-state index in [1.54, 1.807) is 0 Å². The van der Waals surface area contributed by atoms with Crippen molar-refractivity contribution in [2.24, 2.45) is 21.8 Å². The molecule has 2 amide bonds. The second kappa shape index (κ2) is 7.00. The highest BCUT2D eigenvalue weighted by molar-refractivity contribution is 6.16. The van der Waals surface area contributed by atoms with E-state index in [2.05, 4.69) is 9.98 Å². The number of hydrogen-bond acceptors (Lipinski definition) is 5. The molecule has 2 fully saturated rings. The molecule has 148 valence electrons.